The highest BCUT2D eigenvalue weighted by Gasteiger charge is 2.35. The van der Waals surface area contributed by atoms with Crippen molar-refractivity contribution in [1.29, 1.82) is 0 Å². The molecule has 10 heteroatoms. The molecular formula is C131H82N10. The summed E-state index contributed by atoms with van der Waals surface area (Å²) in [7, 11) is 0. The highest BCUT2D eigenvalue weighted by Crippen LogP contribution is 2.58. The van der Waals surface area contributed by atoms with Crippen LogP contribution in [0.4, 0.5) is 0 Å². The molecule has 0 spiro atoms. The maximum Gasteiger partial charge on any atom is 0.235 e. The van der Waals surface area contributed by atoms with Crippen molar-refractivity contribution in [2.45, 2.75) is 0 Å². The molecule has 6 aromatic heterocycles. The van der Waals surface area contributed by atoms with E-state index >= 15 is 0 Å². The summed E-state index contributed by atoms with van der Waals surface area (Å²) in [5.41, 5.74) is 42.8. The maximum atomic E-state index is 5.38. The zero-order valence-electron chi connectivity index (χ0n) is 76.3. The molecule has 29 rings (SSSR count). The van der Waals surface area contributed by atoms with Crippen LogP contribution in [0.15, 0.2) is 497 Å². The minimum atomic E-state index is 0.632. The number of benzene rings is 20. The first-order valence-electron chi connectivity index (χ1n) is 47.8. The van der Waals surface area contributed by atoms with E-state index in [-0.39, 0.29) is 0 Å². The van der Waals surface area contributed by atoms with Crippen molar-refractivity contribution in [2.75, 3.05) is 0 Å². The van der Waals surface area contributed by atoms with Gasteiger partial charge in [-0.05, 0) is 178 Å². The summed E-state index contributed by atoms with van der Waals surface area (Å²) in [6, 6.07) is 176. The summed E-state index contributed by atoms with van der Waals surface area (Å²) >= 11 is 0. The van der Waals surface area contributed by atoms with Gasteiger partial charge in [0.05, 0.1) is 55.9 Å². The Bertz CT molecular complexity index is 9460. The molecule has 3 aliphatic rings. The fourth-order valence-corrected chi connectivity index (χ4v) is 21.8. The fourth-order valence-electron chi connectivity index (χ4n) is 21.8. The normalized spacial score (nSPS) is 11.7. The third-order valence-electron chi connectivity index (χ3n) is 27.9. The van der Waals surface area contributed by atoms with Crippen LogP contribution in [0, 0.1) is 0 Å². The van der Waals surface area contributed by atoms with Crippen molar-refractivity contribution >= 4 is 65.4 Å². The molecule has 10 nitrogen and oxygen atoms in total. The van der Waals surface area contributed by atoms with Crippen LogP contribution >= 0.6 is 0 Å². The van der Waals surface area contributed by atoms with Crippen LogP contribution in [0.1, 0.15) is 0 Å². The standard InChI is InChI=1S/C51H32N4.2C40H25N3/c1-3-15-34(16-4-1)48-47-44-23-12-11-22-42(44)40-20-9-10-21-41(40)43-24-13-25-45(46(43)47)55(48)39-30-28-36(29-31-39)50-52-49(35-17-5-2-6-18-35)53-51(54-50)38-27-26-33-14-7-8-19-37(33)32-38;1-3-14-26(15-4-1)38-40(42-34-24-12-11-23-33(34)41-38)43-35-25-13-22-31-29-19-8-7-18-28(29)30-20-9-10-21-32(30)37(36(31)35)39(43)27-16-5-2-6-17-27;1-3-14-26(15-4-1)38-33-22-11-12-24-34(33)41-40(42-38)43-35-25-13-23-31-29-19-8-7-18-28(29)30-20-9-10-21-32(30)37(36(31)35)39(43)27-16-5-2-6-17-27/h1-32H;2*1-25H. The lowest BCUT2D eigenvalue weighted by Crippen LogP contribution is -2.05. The average Bonchev–Trinajstić information content (AvgIpc) is 1.54. The number of fused-ring (bicyclic) bond motifs is 18. The molecule has 3 aliphatic carbocycles. The Balaban J connectivity index is 0.000000107. The summed E-state index contributed by atoms with van der Waals surface area (Å²) in [5.74, 6) is 3.41. The van der Waals surface area contributed by atoms with Gasteiger partial charge in [0, 0.05) is 71.7 Å². The maximum absolute atomic E-state index is 5.38. The van der Waals surface area contributed by atoms with E-state index in [2.05, 4.69) is 450 Å². The van der Waals surface area contributed by atoms with Crippen molar-refractivity contribution in [2.24, 2.45) is 0 Å². The third-order valence-corrected chi connectivity index (χ3v) is 27.9. The van der Waals surface area contributed by atoms with E-state index in [9.17, 15) is 0 Å². The van der Waals surface area contributed by atoms with Gasteiger partial charge in [-0.1, -0.05) is 431 Å². The van der Waals surface area contributed by atoms with Crippen LogP contribution in [0.25, 0.3) is 273 Å². The summed E-state index contributed by atoms with van der Waals surface area (Å²) in [5, 5.41) is 7.07. The SMILES string of the molecule is c1ccc(-c2nc(-c3ccc(-n4c(-c5ccccc5)c5c6c(cccc64)-c4ccccc4-c4ccccc4-5)cc3)nc(-c3ccc4ccccc4c3)n2)cc1.c1ccc(-c2nc(-n3c(-c4ccccc4)c4c5c(cccc53)-c3ccccc3-c3ccccc3-4)nc3ccccc23)cc1.c1ccc(-c2nc3ccccc3nc2-n2c(-c3ccccc3)c3c4c(cccc42)-c2ccccc2-c2ccccc2-3)cc1. The Morgan fingerprint density at radius 2 is 0.468 bits per heavy atom. The Hall–Kier alpha value is -19.0. The quantitative estimate of drug-likeness (QED) is 0.127. The third kappa shape index (κ3) is 13.7. The first-order chi connectivity index (χ1) is 70.0. The predicted octanol–water partition coefficient (Wildman–Crippen LogP) is 33.4. The molecule has 141 heavy (non-hydrogen) atoms. The second kappa shape index (κ2) is 34.1. The molecule has 0 unspecified atom stereocenters. The molecule has 6 heterocycles. The van der Waals surface area contributed by atoms with Crippen molar-refractivity contribution in [3.05, 3.63) is 497 Å². The Kier molecular flexibility index (Phi) is 19.7. The lowest BCUT2D eigenvalue weighted by molar-refractivity contribution is 0.991. The number of rotatable bonds is 11. The Morgan fingerprint density at radius 1 is 0.163 bits per heavy atom. The number of aromatic nitrogens is 10. The zero-order valence-corrected chi connectivity index (χ0v) is 76.3. The molecule has 0 radical (unpaired) electrons. The molecule has 0 atom stereocenters. The van der Waals surface area contributed by atoms with Crippen LogP contribution in [-0.2, 0) is 0 Å². The lowest BCUT2D eigenvalue weighted by Gasteiger charge is -2.18. The first kappa shape index (κ1) is 81.5. The van der Waals surface area contributed by atoms with Gasteiger partial charge in [0.15, 0.2) is 23.3 Å². The van der Waals surface area contributed by atoms with E-state index in [0.29, 0.717) is 23.4 Å². The molecule has 656 valence electrons. The Labute approximate surface area is 813 Å². The molecule has 0 aliphatic heterocycles. The van der Waals surface area contributed by atoms with Gasteiger partial charge >= 0.3 is 0 Å². The minimum Gasteiger partial charge on any atom is -0.309 e. The second-order valence-electron chi connectivity index (χ2n) is 35.9. The molecule has 0 N–H and O–H groups in total. The van der Waals surface area contributed by atoms with Gasteiger partial charge in [0.25, 0.3) is 0 Å². The van der Waals surface area contributed by atoms with Gasteiger partial charge in [-0.2, -0.15) is 0 Å². The molecule has 26 aromatic rings. The van der Waals surface area contributed by atoms with E-state index < -0.39 is 0 Å². The number of hydrogen-bond acceptors (Lipinski definition) is 7. The minimum absolute atomic E-state index is 0.632. The van der Waals surface area contributed by atoms with E-state index in [0.717, 1.165) is 123 Å². The van der Waals surface area contributed by atoms with Crippen molar-refractivity contribution in [3.63, 3.8) is 0 Å². The van der Waals surface area contributed by atoms with Gasteiger partial charge in [0.2, 0.25) is 5.95 Å². The predicted molar refractivity (Wildman–Crippen MR) is 580 cm³/mol. The van der Waals surface area contributed by atoms with Crippen LogP contribution in [0.3, 0.4) is 0 Å². The van der Waals surface area contributed by atoms with E-state index in [1.54, 1.807) is 0 Å². The Morgan fingerprint density at radius 3 is 0.922 bits per heavy atom. The topological polar surface area (TPSA) is 105 Å². The van der Waals surface area contributed by atoms with E-state index in [4.69, 9.17) is 34.9 Å². The fraction of sp³-hybridized carbons (Fsp3) is 0. The van der Waals surface area contributed by atoms with Gasteiger partial charge in [-0.15, -0.1) is 0 Å². The van der Waals surface area contributed by atoms with Gasteiger partial charge in [-0.25, -0.2) is 34.9 Å². The van der Waals surface area contributed by atoms with E-state index in [1.807, 2.05) is 60.7 Å². The van der Waals surface area contributed by atoms with Gasteiger partial charge in [0.1, 0.15) is 5.69 Å². The first-order valence-corrected chi connectivity index (χ1v) is 47.8. The molecular weight excluding hydrogens is 1710 g/mol. The zero-order chi connectivity index (χ0) is 93.0. The number of nitrogens with zero attached hydrogens (tertiary/aromatic N) is 10. The van der Waals surface area contributed by atoms with Crippen molar-refractivity contribution in [3.8, 4) is 208 Å². The van der Waals surface area contributed by atoms with E-state index in [1.165, 1.54) is 127 Å². The second-order valence-corrected chi connectivity index (χ2v) is 35.9. The monoisotopic (exact) mass is 1790 g/mol. The summed E-state index contributed by atoms with van der Waals surface area (Å²) < 4.78 is 7.07. The smallest absolute Gasteiger partial charge is 0.235 e. The molecule has 0 saturated carbocycles. The molecule has 20 aromatic carbocycles. The van der Waals surface area contributed by atoms with Crippen molar-refractivity contribution in [1.82, 2.24) is 48.6 Å². The van der Waals surface area contributed by atoms with Gasteiger partial charge in [-0.3, -0.25) is 9.13 Å². The molecule has 0 saturated heterocycles. The number of para-hydroxylation sites is 3. The number of hydrogen-bond donors (Lipinski definition) is 0. The summed E-state index contributed by atoms with van der Waals surface area (Å²) in [6.45, 7) is 0. The average molecular weight is 1800 g/mol. The van der Waals surface area contributed by atoms with Crippen LogP contribution in [0.5, 0.6) is 0 Å². The molecule has 0 bridgehead atoms. The molecule has 0 fully saturated rings. The van der Waals surface area contributed by atoms with Crippen molar-refractivity contribution < 1.29 is 0 Å². The van der Waals surface area contributed by atoms with Crippen LogP contribution in [-0.4, -0.2) is 48.6 Å². The highest BCUT2D eigenvalue weighted by atomic mass is 15.2. The summed E-state index contributed by atoms with van der Waals surface area (Å²) in [4.78, 5) is 36.3. The molecule has 0 amide bonds. The summed E-state index contributed by atoms with van der Waals surface area (Å²) in [6.07, 6.45) is 0. The van der Waals surface area contributed by atoms with Crippen LogP contribution in [0.2, 0.25) is 0 Å². The van der Waals surface area contributed by atoms with Gasteiger partial charge < -0.3 is 4.57 Å². The van der Waals surface area contributed by atoms with Crippen LogP contribution < -0.4 is 0 Å². The highest BCUT2D eigenvalue weighted by molar-refractivity contribution is 6.22. The largest absolute Gasteiger partial charge is 0.309 e. The lowest BCUT2D eigenvalue weighted by atomic mass is 9.93.